The molecule has 1 heterocycles. The summed E-state index contributed by atoms with van der Waals surface area (Å²) in [6.45, 7) is 2.30. The Labute approximate surface area is 164 Å². The van der Waals surface area contributed by atoms with Crippen molar-refractivity contribution >= 4 is 52.0 Å². The molecular formula is C18H13Cl3N2OS. The Balaban J connectivity index is 1.74. The third-order valence-corrected chi connectivity index (χ3v) is 5.85. The lowest BCUT2D eigenvalue weighted by Gasteiger charge is -2.05. The molecular weight excluding hydrogens is 399 g/mol. The zero-order chi connectivity index (χ0) is 18.0. The van der Waals surface area contributed by atoms with Gasteiger partial charge < -0.3 is 5.32 Å². The van der Waals surface area contributed by atoms with Crippen LogP contribution >= 0.6 is 46.1 Å². The highest BCUT2D eigenvalue weighted by molar-refractivity contribution is 7.15. The van der Waals surface area contributed by atoms with Gasteiger partial charge in [0.1, 0.15) is 5.01 Å². The van der Waals surface area contributed by atoms with Crippen LogP contribution in [-0.2, 0) is 6.54 Å². The van der Waals surface area contributed by atoms with E-state index >= 15 is 0 Å². The molecule has 1 aromatic heterocycles. The minimum atomic E-state index is -0.217. The monoisotopic (exact) mass is 410 g/mol. The lowest BCUT2D eigenvalue weighted by molar-refractivity contribution is 0.0951. The smallest absolute Gasteiger partial charge is 0.251 e. The fourth-order valence-corrected chi connectivity index (χ4v) is 3.86. The molecule has 0 bridgehead atoms. The predicted molar refractivity (Wildman–Crippen MR) is 105 cm³/mol. The van der Waals surface area contributed by atoms with Crippen LogP contribution in [0.25, 0.3) is 10.6 Å². The molecule has 7 heteroatoms. The van der Waals surface area contributed by atoms with Gasteiger partial charge in [-0.15, -0.1) is 11.3 Å². The Hall–Kier alpha value is -1.59. The number of carbonyl (C=O) groups excluding carboxylic acids is 1. The number of aromatic nitrogens is 1. The van der Waals surface area contributed by atoms with E-state index in [1.807, 2.05) is 31.2 Å². The zero-order valence-corrected chi connectivity index (χ0v) is 16.2. The number of nitrogens with zero attached hydrogens (tertiary/aromatic N) is 1. The topological polar surface area (TPSA) is 42.0 Å². The summed E-state index contributed by atoms with van der Waals surface area (Å²) in [5, 5.41) is 5.14. The first-order valence-corrected chi connectivity index (χ1v) is 9.35. The molecule has 1 amide bonds. The lowest BCUT2D eigenvalue weighted by Crippen LogP contribution is -2.22. The Bertz CT molecular complexity index is 940. The van der Waals surface area contributed by atoms with Crippen LogP contribution in [0.4, 0.5) is 0 Å². The van der Waals surface area contributed by atoms with Crippen molar-refractivity contribution in [3.63, 3.8) is 0 Å². The van der Waals surface area contributed by atoms with E-state index < -0.39 is 0 Å². The van der Waals surface area contributed by atoms with Crippen molar-refractivity contribution in [1.29, 1.82) is 0 Å². The van der Waals surface area contributed by atoms with Crippen LogP contribution in [0.15, 0.2) is 42.5 Å². The summed E-state index contributed by atoms with van der Waals surface area (Å²) >= 11 is 19.6. The van der Waals surface area contributed by atoms with Crippen LogP contribution in [0.2, 0.25) is 15.1 Å². The Kier molecular flexibility index (Phi) is 5.64. The van der Waals surface area contributed by atoms with Gasteiger partial charge in [-0.25, -0.2) is 4.98 Å². The largest absolute Gasteiger partial charge is 0.347 e. The maximum atomic E-state index is 12.3. The van der Waals surface area contributed by atoms with E-state index in [9.17, 15) is 4.79 Å². The van der Waals surface area contributed by atoms with Crippen molar-refractivity contribution in [2.75, 3.05) is 0 Å². The third kappa shape index (κ3) is 4.15. The Morgan fingerprint density at radius 2 is 1.84 bits per heavy atom. The minimum Gasteiger partial charge on any atom is -0.347 e. The van der Waals surface area contributed by atoms with Crippen molar-refractivity contribution in [1.82, 2.24) is 10.3 Å². The molecule has 3 rings (SSSR count). The molecule has 3 nitrogen and oxygen atoms in total. The number of halogens is 3. The highest BCUT2D eigenvalue weighted by Crippen LogP contribution is 2.32. The van der Waals surface area contributed by atoms with E-state index in [1.165, 1.54) is 11.3 Å². The maximum absolute atomic E-state index is 12.3. The first kappa shape index (κ1) is 18.2. The van der Waals surface area contributed by atoms with Gasteiger partial charge in [0.05, 0.1) is 27.3 Å². The summed E-state index contributed by atoms with van der Waals surface area (Å²) in [5.74, 6) is -0.217. The van der Waals surface area contributed by atoms with Gasteiger partial charge in [0.25, 0.3) is 5.91 Å². The number of hydrogen-bond acceptors (Lipinski definition) is 3. The highest BCUT2D eigenvalue weighted by atomic mass is 35.5. The third-order valence-electron chi connectivity index (χ3n) is 3.59. The number of aryl methyl sites for hydroxylation is 1. The number of benzene rings is 2. The normalized spacial score (nSPS) is 10.7. The lowest BCUT2D eigenvalue weighted by atomic mass is 10.2. The van der Waals surface area contributed by atoms with E-state index in [2.05, 4.69) is 10.3 Å². The average Bonchev–Trinajstić information content (AvgIpc) is 2.96. The number of amides is 1. The Morgan fingerprint density at radius 3 is 2.56 bits per heavy atom. The SMILES string of the molecule is Cc1nc(-c2ccccc2Cl)sc1CNC(=O)c1ccc(Cl)c(Cl)c1. The van der Waals surface area contributed by atoms with E-state index in [0.717, 1.165) is 21.1 Å². The van der Waals surface area contributed by atoms with Crippen LogP contribution in [0.1, 0.15) is 20.9 Å². The number of thiazole rings is 1. The molecule has 0 aliphatic carbocycles. The number of carbonyl (C=O) groups is 1. The fourth-order valence-electron chi connectivity index (χ4n) is 2.24. The minimum absolute atomic E-state index is 0.217. The van der Waals surface area contributed by atoms with Crippen LogP contribution < -0.4 is 5.32 Å². The first-order chi connectivity index (χ1) is 12.0. The van der Waals surface area contributed by atoms with Gasteiger partial charge >= 0.3 is 0 Å². The van der Waals surface area contributed by atoms with E-state index in [1.54, 1.807) is 18.2 Å². The predicted octanol–water partition coefficient (Wildman–Crippen LogP) is 6.01. The first-order valence-electron chi connectivity index (χ1n) is 7.40. The molecule has 0 saturated heterocycles. The van der Waals surface area contributed by atoms with Crippen LogP contribution in [0.3, 0.4) is 0 Å². The number of hydrogen-bond donors (Lipinski definition) is 1. The summed E-state index contributed by atoms with van der Waals surface area (Å²) in [6, 6.07) is 12.4. The Morgan fingerprint density at radius 1 is 1.08 bits per heavy atom. The van der Waals surface area contributed by atoms with Crippen LogP contribution in [0, 0.1) is 6.92 Å². The molecule has 25 heavy (non-hydrogen) atoms. The van der Waals surface area contributed by atoms with E-state index in [4.69, 9.17) is 34.8 Å². The standard InChI is InChI=1S/C18H13Cl3N2OS/c1-10-16(25-18(23-10)12-4-2-3-5-13(12)19)9-22-17(24)11-6-7-14(20)15(21)8-11/h2-8H,9H2,1H3,(H,22,24). The van der Waals surface area contributed by atoms with Crippen molar-refractivity contribution < 1.29 is 4.79 Å². The maximum Gasteiger partial charge on any atom is 0.251 e. The van der Waals surface area contributed by atoms with Gasteiger partial charge in [-0.1, -0.05) is 53.0 Å². The van der Waals surface area contributed by atoms with Crippen molar-refractivity contribution in [2.45, 2.75) is 13.5 Å². The molecule has 0 radical (unpaired) electrons. The highest BCUT2D eigenvalue weighted by Gasteiger charge is 2.13. The van der Waals surface area contributed by atoms with E-state index in [-0.39, 0.29) is 5.91 Å². The second-order valence-electron chi connectivity index (χ2n) is 5.32. The van der Waals surface area contributed by atoms with E-state index in [0.29, 0.717) is 27.2 Å². The van der Waals surface area contributed by atoms with Crippen molar-refractivity contribution in [2.24, 2.45) is 0 Å². The summed E-state index contributed by atoms with van der Waals surface area (Å²) in [5.41, 5.74) is 2.22. The molecule has 0 unspecified atom stereocenters. The summed E-state index contributed by atoms with van der Waals surface area (Å²) < 4.78 is 0. The number of nitrogens with one attached hydrogen (secondary N) is 1. The molecule has 0 spiro atoms. The molecule has 3 aromatic rings. The van der Waals surface area contributed by atoms with Crippen molar-refractivity contribution in [3.05, 3.63) is 73.7 Å². The molecule has 0 fully saturated rings. The number of rotatable bonds is 4. The second-order valence-corrected chi connectivity index (χ2v) is 7.62. The van der Waals surface area contributed by atoms with Crippen LogP contribution in [0.5, 0.6) is 0 Å². The molecule has 0 aliphatic heterocycles. The second kappa shape index (κ2) is 7.75. The van der Waals surface area contributed by atoms with Gasteiger partial charge in [0, 0.05) is 16.0 Å². The molecule has 0 atom stereocenters. The van der Waals surface area contributed by atoms with Gasteiger partial charge in [0.15, 0.2) is 0 Å². The summed E-state index contributed by atoms with van der Waals surface area (Å²) in [7, 11) is 0. The molecule has 1 N–H and O–H groups in total. The quantitative estimate of drug-likeness (QED) is 0.571. The van der Waals surface area contributed by atoms with Crippen LogP contribution in [-0.4, -0.2) is 10.9 Å². The molecule has 0 aliphatic rings. The molecule has 0 saturated carbocycles. The summed E-state index contributed by atoms with van der Waals surface area (Å²) in [6.07, 6.45) is 0. The molecule has 2 aromatic carbocycles. The fraction of sp³-hybridized carbons (Fsp3) is 0.111. The van der Waals surface area contributed by atoms with Gasteiger partial charge in [-0.05, 0) is 31.2 Å². The van der Waals surface area contributed by atoms with Gasteiger partial charge in [0.2, 0.25) is 0 Å². The summed E-state index contributed by atoms with van der Waals surface area (Å²) in [4.78, 5) is 17.8. The zero-order valence-electron chi connectivity index (χ0n) is 13.1. The average molecular weight is 412 g/mol. The van der Waals surface area contributed by atoms with Gasteiger partial charge in [-0.3, -0.25) is 4.79 Å². The van der Waals surface area contributed by atoms with Gasteiger partial charge in [-0.2, -0.15) is 0 Å². The van der Waals surface area contributed by atoms with Crippen molar-refractivity contribution in [3.8, 4) is 10.6 Å². The molecule has 128 valence electrons.